The Bertz CT molecular complexity index is 233. The molecular formula is C15H29NO2. The Morgan fingerprint density at radius 1 is 1.11 bits per heavy atom. The molecule has 3 heteroatoms. The highest BCUT2D eigenvalue weighted by molar-refractivity contribution is 4.92. The summed E-state index contributed by atoms with van der Waals surface area (Å²) in [6.07, 6.45) is 8.80. The summed E-state index contributed by atoms with van der Waals surface area (Å²) < 4.78 is 11.4. The van der Waals surface area contributed by atoms with E-state index in [1.807, 2.05) is 0 Å². The highest BCUT2D eigenvalue weighted by Gasteiger charge is 2.36. The van der Waals surface area contributed by atoms with Gasteiger partial charge in [-0.25, -0.2) is 0 Å². The molecule has 106 valence electrons. The summed E-state index contributed by atoms with van der Waals surface area (Å²) in [4.78, 5) is 0. The van der Waals surface area contributed by atoms with Gasteiger partial charge in [0, 0.05) is 32.9 Å². The van der Waals surface area contributed by atoms with Gasteiger partial charge in [0.1, 0.15) is 0 Å². The van der Waals surface area contributed by atoms with Crippen molar-refractivity contribution in [3.63, 3.8) is 0 Å². The van der Waals surface area contributed by atoms with Gasteiger partial charge < -0.3 is 14.8 Å². The van der Waals surface area contributed by atoms with Gasteiger partial charge in [0.05, 0.1) is 5.60 Å². The Kier molecular flexibility index (Phi) is 5.46. The number of hydrogen-bond acceptors (Lipinski definition) is 3. The van der Waals surface area contributed by atoms with E-state index in [2.05, 4.69) is 12.2 Å². The van der Waals surface area contributed by atoms with Gasteiger partial charge in [-0.2, -0.15) is 0 Å². The van der Waals surface area contributed by atoms with Gasteiger partial charge in [-0.15, -0.1) is 0 Å². The standard InChI is InChI=1S/C15H29NO2/c1-13-6-8-15(9-7-13,12-16-14-4-5-14)18-11-3-10-17-2/h13-14,16H,3-12H2,1-2H3. The van der Waals surface area contributed by atoms with Crippen LogP contribution < -0.4 is 5.32 Å². The first-order valence-electron chi connectivity index (χ1n) is 7.60. The van der Waals surface area contributed by atoms with Crippen molar-refractivity contribution in [1.29, 1.82) is 0 Å². The highest BCUT2D eigenvalue weighted by Crippen LogP contribution is 2.35. The number of ether oxygens (including phenoxy) is 2. The quantitative estimate of drug-likeness (QED) is 0.677. The predicted octanol–water partition coefficient (Wildman–Crippen LogP) is 2.74. The maximum Gasteiger partial charge on any atom is 0.0806 e. The van der Waals surface area contributed by atoms with Crippen LogP contribution in [0.5, 0.6) is 0 Å². The molecule has 0 bridgehead atoms. The van der Waals surface area contributed by atoms with E-state index in [-0.39, 0.29) is 5.60 Å². The van der Waals surface area contributed by atoms with Crippen LogP contribution in [-0.4, -0.2) is 38.5 Å². The average Bonchev–Trinajstić information content (AvgIpc) is 3.20. The summed E-state index contributed by atoms with van der Waals surface area (Å²) in [6.45, 7) is 5.07. The summed E-state index contributed by atoms with van der Waals surface area (Å²) in [6, 6.07) is 0.781. The van der Waals surface area contributed by atoms with Gasteiger partial charge in [0.2, 0.25) is 0 Å². The third-order valence-electron chi connectivity index (χ3n) is 4.38. The second kappa shape index (κ2) is 6.88. The van der Waals surface area contributed by atoms with Crippen molar-refractivity contribution in [3.05, 3.63) is 0 Å². The van der Waals surface area contributed by atoms with E-state index in [4.69, 9.17) is 9.47 Å². The lowest BCUT2D eigenvalue weighted by Crippen LogP contribution is -2.46. The molecule has 0 aromatic heterocycles. The van der Waals surface area contributed by atoms with Crippen molar-refractivity contribution in [2.75, 3.05) is 26.9 Å². The predicted molar refractivity (Wildman–Crippen MR) is 73.8 cm³/mol. The Labute approximate surface area is 112 Å². The summed E-state index contributed by atoms with van der Waals surface area (Å²) in [5, 5.41) is 3.67. The van der Waals surface area contributed by atoms with Crippen molar-refractivity contribution in [2.24, 2.45) is 5.92 Å². The van der Waals surface area contributed by atoms with Crippen molar-refractivity contribution in [1.82, 2.24) is 5.32 Å². The molecule has 0 spiro atoms. The van der Waals surface area contributed by atoms with Crippen LogP contribution in [0.4, 0.5) is 0 Å². The zero-order valence-corrected chi connectivity index (χ0v) is 12.0. The monoisotopic (exact) mass is 255 g/mol. The first kappa shape index (κ1) is 14.3. The molecule has 0 radical (unpaired) electrons. The number of hydrogen-bond donors (Lipinski definition) is 1. The molecule has 3 nitrogen and oxygen atoms in total. The lowest BCUT2D eigenvalue weighted by molar-refractivity contribution is -0.0793. The lowest BCUT2D eigenvalue weighted by Gasteiger charge is -2.39. The fourth-order valence-corrected chi connectivity index (χ4v) is 2.77. The maximum atomic E-state index is 6.26. The minimum atomic E-state index is 0.114. The average molecular weight is 255 g/mol. The van der Waals surface area contributed by atoms with Gasteiger partial charge in [-0.3, -0.25) is 0 Å². The van der Waals surface area contributed by atoms with Crippen LogP contribution in [0.15, 0.2) is 0 Å². The molecule has 0 amide bonds. The third-order valence-corrected chi connectivity index (χ3v) is 4.38. The summed E-state index contributed by atoms with van der Waals surface area (Å²) >= 11 is 0. The van der Waals surface area contributed by atoms with Crippen molar-refractivity contribution >= 4 is 0 Å². The van der Waals surface area contributed by atoms with E-state index in [0.717, 1.165) is 38.1 Å². The first-order valence-corrected chi connectivity index (χ1v) is 7.60. The molecule has 1 N–H and O–H groups in total. The van der Waals surface area contributed by atoms with E-state index < -0.39 is 0 Å². The van der Waals surface area contributed by atoms with E-state index in [9.17, 15) is 0 Å². The molecule has 2 rings (SSSR count). The molecule has 0 heterocycles. The van der Waals surface area contributed by atoms with Gasteiger partial charge in [-0.05, 0) is 50.9 Å². The summed E-state index contributed by atoms with van der Waals surface area (Å²) in [5.41, 5.74) is 0.114. The van der Waals surface area contributed by atoms with Crippen LogP contribution in [0.2, 0.25) is 0 Å². The Morgan fingerprint density at radius 2 is 1.83 bits per heavy atom. The zero-order valence-electron chi connectivity index (χ0n) is 12.0. The van der Waals surface area contributed by atoms with Crippen molar-refractivity contribution in [2.45, 2.75) is 63.5 Å². The molecule has 0 unspecified atom stereocenters. The topological polar surface area (TPSA) is 30.5 Å². The van der Waals surface area contributed by atoms with Gasteiger partial charge in [0.25, 0.3) is 0 Å². The van der Waals surface area contributed by atoms with Crippen molar-refractivity contribution < 1.29 is 9.47 Å². The Balaban J connectivity index is 1.76. The highest BCUT2D eigenvalue weighted by atomic mass is 16.5. The van der Waals surface area contributed by atoms with Gasteiger partial charge in [0.15, 0.2) is 0 Å². The fraction of sp³-hybridized carbons (Fsp3) is 1.00. The fourth-order valence-electron chi connectivity index (χ4n) is 2.77. The molecule has 2 saturated carbocycles. The summed E-state index contributed by atoms with van der Waals surface area (Å²) in [5.74, 6) is 0.877. The normalized spacial score (nSPS) is 32.7. The first-order chi connectivity index (χ1) is 8.74. The van der Waals surface area contributed by atoms with Gasteiger partial charge >= 0.3 is 0 Å². The molecule has 0 aromatic carbocycles. The van der Waals surface area contributed by atoms with Crippen LogP contribution in [0.1, 0.15) is 51.9 Å². The van der Waals surface area contributed by atoms with Gasteiger partial charge in [-0.1, -0.05) is 6.92 Å². The van der Waals surface area contributed by atoms with Crippen LogP contribution in [-0.2, 0) is 9.47 Å². The SMILES string of the molecule is COCCCOC1(CNC2CC2)CCC(C)CC1. The molecule has 0 saturated heterocycles. The largest absolute Gasteiger partial charge is 0.385 e. The molecule has 0 aromatic rings. The molecule has 0 aliphatic heterocycles. The van der Waals surface area contributed by atoms with Crippen LogP contribution in [0.25, 0.3) is 0 Å². The third kappa shape index (κ3) is 4.52. The second-order valence-corrected chi connectivity index (χ2v) is 6.22. The smallest absolute Gasteiger partial charge is 0.0806 e. The van der Waals surface area contributed by atoms with E-state index in [0.29, 0.717) is 0 Å². The van der Waals surface area contributed by atoms with Crippen molar-refractivity contribution in [3.8, 4) is 0 Å². The molecule has 2 aliphatic carbocycles. The molecule has 0 atom stereocenters. The molecular weight excluding hydrogens is 226 g/mol. The van der Waals surface area contributed by atoms with Crippen LogP contribution in [0.3, 0.4) is 0 Å². The summed E-state index contributed by atoms with van der Waals surface area (Å²) in [7, 11) is 1.76. The van der Waals surface area contributed by atoms with E-state index in [1.54, 1.807) is 7.11 Å². The number of nitrogens with one attached hydrogen (secondary N) is 1. The number of rotatable bonds is 8. The maximum absolute atomic E-state index is 6.26. The van der Waals surface area contributed by atoms with E-state index in [1.165, 1.54) is 38.5 Å². The van der Waals surface area contributed by atoms with E-state index >= 15 is 0 Å². The second-order valence-electron chi connectivity index (χ2n) is 6.22. The number of methoxy groups -OCH3 is 1. The minimum Gasteiger partial charge on any atom is -0.385 e. The molecule has 2 fully saturated rings. The Hall–Kier alpha value is -0.120. The van der Waals surface area contributed by atoms with Crippen LogP contribution >= 0.6 is 0 Å². The lowest BCUT2D eigenvalue weighted by atomic mass is 9.79. The van der Waals surface area contributed by atoms with Crippen LogP contribution in [0, 0.1) is 5.92 Å². The molecule has 2 aliphatic rings. The minimum absolute atomic E-state index is 0.114. The Morgan fingerprint density at radius 3 is 2.44 bits per heavy atom. The molecule has 18 heavy (non-hydrogen) atoms. The zero-order chi connectivity index (χ0) is 12.8.